The van der Waals surface area contributed by atoms with Gasteiger partial charge in [0.15, 0.2) is 5.78 Å². The Hall–Kier alpha value is -1.09. The maximum atomic E-state index is 11.0. The van der Waals surface area contributed by atoms with Gasteiger partial charge in [-0.1, -0.05) is 0 Å². The average molecular weight is 152 g/mol. The lowest BCUT2D eigenvalue weighted by molar-refractivity contribution is -0.119. The molecule has 0 aliphatic heterocycles. The van der Waals surface area contributed by atoms with Crippen molar-refractivity contribution in [1.29, 1.82) is 0 Å². The van der Waals surface area contributed by atoms with Gasteiger partial charge in [-0.25, -0.2) is 0 Å². The minimum absolute atomic E-state index is 0.120. The van der Waals surface area contributed by atoms with E-state index in [1.165, 1.54) is 0 Å². The summed E-state index contributed by atoms with van der Waals surface area (Å²) in [6.45, 7) is 1.57. The predicted octanol–water partition coefficient (Wildman–Crippen LogP) is 0.864. The van der Waals surface area contributed by atoms with Crippen LogP contribution in [0.4, 0.5) is 0 Å². The fourth-order valence-corrected chi connectivity index (χ4v) is 1.10. The largest absolute Gasteiger partial charge is 0.363 e. The van der Waals surface area contributed by atoms with Crippen molar-refractivity contribution in [1.82, 2.24) is 10.3 Å². The molecule has 3 heteroatoms. The molecule has 11 heavy (non-hydrogen) atoms. The summed E-state index contributed by atoms with van der Waals surface area (Å²) < 4.78 is 0. The van der Waals surface area contributed by atoms with Gasteiger partial charge in [-0.05, 0) is 26.1 Å². The van der Waals surface area contributed by atoms with E-state index in [0.717, 1.165) is 5.69 Å². The molecule has 0 fully saturated rings. The number of nitrogens with one attached hydrogen (secondary N) is 2. The molecule has 0 spiro atoms. The second-order valence-electron chi connectivity index (χ2n) is 2.46. The number of ketones is 1. The first kappa shape index (κ1) is 8.01. The van der Waals surface area contributed by atoms with Crippen molar-refractivity contribution in [3.05, 3.63) is 24.0 Å². The number of aromatic amines is 1. The first-order valence-corrected chi connectivity index (χ1v) is 3.56. The van der Waals surface area contributed by atoms with E-state index in [1.807, 2.05) is 18.3 Å². The molecule has 0 radical (unpaired) electrons. The van der Waals surface area contributed by atoms with E-state index in [0.29, 0.717) is 0 Å². The van der Waals surface area contributed by atoms with Gasteiger partial charge in [0.05, 0.1) is 0 Å². The summed E-state index contributed by atoms with van der Waals surface area (Å²) in [5.74, 6) is 0.120. The molecule has 0 aromatic carbocycles. The van der Waals surface area contributed by atoms with Gasteiger partial charge in [-0.3, -0.25) is 4.79 Å². The monoisotopic (exact) mass is 152 g/mol. The Morgan fingerprint density at radius 3 is 2.82 bits per heavy atom. The lowest BCUT2D eigenvalue weighted by Crippen LogP contribution is -2.23. The van der Waals surface area contributed by atoms with Gasteiger partial charge in [0.25, 0.3) is 0 Å². The number of rotatable bonds is 3. The van der Waals surface area contributed by atoms with Crippen molar-refractivity contribution in [3.63, 3.8) is 0 Å². The molecular formula is C8H12N2O. The average Bonchev–Trinajstić information content (AvgIpc) is 2.40. The molecule has 1 rings (SSSR count). The third-order valence-electron chi connectivity index (χ3n) is 1.63. The molecule has 60 valence electrons. The molecule has 0 aliphatic carbocycles. The topological polar surface area (TPSA) is 44.9 Å². The standard InChI is InChI=1S/C8H12N2O/c1-6(11)8(9-2)7-4-3-5-10-7/h3-5,8-10H,1-2H3. The number of carbonyl (C=O) groups is 1. The number of Topliss-reactive ketones (excluding diaryl/α,β-unsaturated/α-hetero) is 1. The molecule has 0 amide bonds. The van der Waals surface area contributed by atoms with Crippen LogP contribution < -0.4 is 5.32 Å². The van der Waals surface area contributed by atoms with Crippen molar-refractivity contribution in [2.75, 3.05) is 7.05 Å². The molecule has 1 heterocycles. The minimum atomic E-state index is -0.190. The summed E-state index contributed by atoms with van der Waals surface area (Å²) in [6.07, 6.45) is 1.81. The van der Waals surface area contributed by atoms with E-state index >= 15 is 0 Å². The van der Waals surface area contributed by atoms with E-state index in [9.17, 15) is 4.79 Å². The molecule has 1 atom stereocenters. The molecule has 0 bridgehead atoms. The van der Waals surface area contributed by atoms with Gasteiger partial charge in [0.1, 0.15) is 6.04 Å². The molecule has 0 saturated carbocycles. The second-order valence-corrected chi connectivity index (χ2v) is 2.46. The number of aromatic nitrogens is 1. The van der Waals surface area contributed by atoms with Crippen LogP contribution in [0.5, 0.6) is 0 Å². The molecule has 1 aromatic heterocycles. The summed E-state index contributed by atoms with van der Waals surface area (Å²) in [4.78, 5) is 14.0. The van der Waals surface area contributed by atoms with Crippen LogP contribution in [0.25, 0.3) is 0 Å². The summed E-state index contributed by atoms with van der Waals surface area (Å²) in [5.41, 5.74) is 0.917. The quantitative estimate of drug-likeness (QED) is 0.674. The summed E-state index contributed by atoms with van der Waals surface area (Å²) in [5, 5.41) is 2.92. The van der Waals surface area contributed by atoms with Gasteiger partial charge in [0.2, 0.25) is 0 Å². The van der Waals surface area contributed by atoms with Crippen molar-refractivity contribution in [2.24, 2.45) is 0 Å². The van der Waals surface area contributed by atoms with Crippen LogP contribution in [0.15, 0.2) is 18.3 Å². The van der Waals surface area contributed by atoms with Gasteiger partial charge in [0, 0.05) is 11.9 Å². The summed E-state index contributed by atoms with van der Waals surface area (Å²) >= 11 is 0. The minimum Gasteiger partial charge on any atom is -0.363 e. The number of hydrogen-bond acceptors (Lipinski definition) is 2. The number of hydrogen-bond donors (Lipinski definition) is 2. The smallest absolute Gasteiger partial charge is 0.152 e. The SMILES string of the molecule is CNC(C(C)=O)c1ccc[nH]1. The molecule has 2 N–H and O–H groups in total. The Kier molecular flexibility index (Phi) is 2.44. The lowest BCUT2D eigenvalue weighted by atomic mass is 10.1. The number of likely N-dealkylation sites (N-methyl/N-ethyl adjacent to an activating group) is 1. The van der Waals surface area contributed by atoms with Gasteiger partial charge in [-0.15, -0.1) is 0 Å². The van der Waals surface area contributed by atoms with Crippen molar-refractivity contribution < 1.29 is 4.79 Å². The van der Waals surface area contributed by atoms with Crippen molar-refractivity contribution >= 4 is 5.78 Å². The second kappa shape index (κ2) is 3.34. The Morgan fingerprint density at radius 2 is 2.45 bits per heavy atom. The molecule has 1 unspecified atom stereocenters. The molecule has 3 nitrogen and oxygen atoms in total. The van der Waals surface area contributed by atoms with Gasteiger partial charge >= 0.3 is 0 Å². The van der Waals surface area contributed by atoms with E-state index < -0.39 is 0 Å². The zero-order valence-electron chi connectivity index (χ0n) is 6.72. The van der Waals surface area contributed by atoms with E-state index in [1.54, 1.807) is 14.0 Å². The van der Waals surface area contributed by atoms with Crippen molar-refractivity contribution in [2.45, 2.75) is 13.0 Å². The van der Waals surface area contributed by atoms with Crippen LogP contribution in [0, 0.1) is 0 Å². The van der Waals surface area contributed by atoms with Crippen molar-refractivity contribution in [3.8, 4) is 0 Å². The molecular weight excluding hydrogens is 140 g/mol. The highest BCUT2D eigenvalue weighted by molar-refractivity contribution is 5.82. The lowest BCUT2D eigenvalue weighted by Gasteiger charge is -2.09. The molecule has 0 saturated heterocycles. The molecule has 0 aliphatic rings. The zero-order chi connectivity index (χ0) is 8.27. The predicted molar refractivity (Wildman–Crippen MR) is 43.3 cm³/mol. The number of carbonyl (C=O) groups excluding carboxylic acids is 1. The first-order chi connectivity index (χ1) is 5.25. The fourth-order valence-electron chi connectivity index (χ4n) is 1.10. The number of H-pyrrole nitrogens is 1. The van der Waals surface area contributed by atoms with Gasteiger partial charge < -0.3 is 10.3 Å². The highest BCUT2D eigenvalue weighted by Crippen LogP contribution is 2.09. The van der Waals surface area contributed by atoms with E-state index in [4.69, 9.17) is 0 Å². The Morgan fingerprint density at radius 1 is 1.73 bits per heavy atom. The third-order valence-corrected chi connectivity index (χ3v) is 1.63. The van der Waals surface area contributed by atoms with Crippen LogP contribution in [0.3, 0.4) is 0 Å². The van der Waals surface area contributed by atoms with Crippen LogP contribution in [0.2, 0.25) is 0 Å². The summed E-state index contributed by atoms with van der Waals surface area (Å²) in [6, 6.07) is 3.58. The fraction of sp³-hybridized carbons (Fsp3) is 0.375. The first-order valence-electron chi connectivity index (χ1n) is 3.56. The zero-order valence-corrected chi connectivity index (χ0v) is 6.72. The van der Waals surface area contributed by atoms with Crippen LogP contribution in [-0.4, -0.2) is 17.8 Å². The molecule has 1 aromatic rings. The van der Waals surface area contributed by atoms with Crippen LogP contribution in [0.1, 0.15) is 18.7 Å². The van der Waals surface area contributed by atoms with E-state index in [-0.39, 0.29) is 11.8 Å². The Labute approximate surface area is 65.8 Å². The van der Waals surface area contributed by atoms with Crippen LogP contribution >= 0.6 is 0 Å². The maximum absolute atomic E-state index is 11.0. The van der Waals surface area contributed by atoms with E-state index in [2.05, 4.69) is 10.3 Å². The normalized spacial score (nSPS) is 12.9. The highest BCUT2D eigenvalue weighted by atomic mass is 16.1. The van der Waals surface area contributed by atoms with Gasteiger partial charge in [-0.2, -0.15) is 0 Å². The third kappa shape index (κ3) is 1.68. The maximum Gasteiger partial charge on any atom is 0.152 e. The Bertz CT molecular complexity index is 228. The van der Waals surface area contributed by atoms with Crippen LogP contribution in [-0.2, 0) is 4.79 Å². The Balaban J connectivity index is 2.79. The summed E-state index contributed by atoms with van der Waals surface area (Å²) in [7, 11) is 1.77. The highest BCUT2D eigenvalue weighted by Gasteiger charge is 2.13.